The topological polar surface area (TPSA) is 254 Å². The Balaban J connectivity index is 1.12. The molecule has 0 aliphatic carbocycles. The number of aromatic amines is 1. The van der Waals surface area contributed by atoms with Crippen LogP contribution in [-0.2, 0) is 23.1 Å². The Morgan fingerprint density at radius 2 is 1.98 bits per heavy atom. The summed E-state index contributed by atoms with van der Waals surface area (Å²) < 4.78 is 55.5. The lowest BCUT2D eigenvalue weighted by Gasteiger charge is -2.34. The Morgan fingerprint density at radius 3 is 2.77 bits per heavy atom. The van der Waals surface area contributed by atoms with Gasteiger partial charge in [0.1, 0.15) is 41.2 Å². The standard InChI is InChI=1S/C22H26FN10O8PS2/c23-11-9(3-34)44-20(33-7-29-13-17(33)30-21(25)31-18(13)36)14(11)41-42(37,43)38-4-22-1-8(39-10(35)2-22)19(40-22)32-6-28-12-15(24)26-5-27-16(12)32/h5-11,14,19-20,34-35H,1-4H2,(H,37,43)(H2,24,26,27)(H3,25,30,31,36)/t8-,9-,10-,11+,14-,19-,20-,22-,42?/m1/s1. The second-order valence-corrected chi connectivity index (χ2v) is 14.8. The number of aliphatic hydroxyl groups is 2. The van der Waals surface area contributed by atoms with Crippen molar-refractivity contribution in [1.82, 2.24) is 39.0 Å². The summed E-state index contributed by atoms with van der Waals surface area (Å²) in [6.07, 6.45) is -1.80. The summed E-state index contributed by atoms with van der Waals surface area (Å²) in [5.74, 6) is -0.0105. The van der Waals surface area contributed by atoms with E-state index in [1.165, 1.54) is 23.5 Å². The Hall–Kier alpha value is -2.88. The fourth-order valence-corrected chi connectivity index (χ4v) is 8.77. The Labute approximate surface area is 255 Å². The van der Waals surface area contributed by atoms with Gasteiger partial charge < -0.3 is 31.2 Å². The largest absolute Gasteiger partial charge is 0.395 e. The fourth-order valence-electron chi connectivity index (χ4n) is 5.80. The summed E-state index contributed by atoms with van der Waals surface area (Å²) in [6, 6.07) is 0. The Bertz CT molecular complexity index is 1850. The summed E-state index contributed by atoms with van der Waals surface area (Å²) >= 11 is 5.10. The van der Waals surface area contributed by atoms with Gasteiger partial charge in [0, 0.05) is 12.8 Å². The lowest BCUT2D eigenvalue weighted by Crippen LogP contribution is -2.43. The zero-order chi connectivity index (χ0) is 31.0. The van der Waals surface area contributed by atoms with Gasteiger partial charge in [-0.3, -0.25) is 28.0 Å². The highest BCUT2D eigenvalue weighted by molar-refractivity contribution is 8.44. The molecule has 0 amide bonds. The molecule has 0 radical (unpaired) electrons. The quantitative estimate of drug-likeness (QED) is 0.108. The van der Waals surface area contributed by atoms with Gasteiger partial charge in [-0.15, -0.1) is 11.8 Å². The van der Waals surface area contributed by atoms with E-state index in [4.69, 9.17) is 30.0 Å². The molecule has 7 N–H and O–H groups in total. The number of aliphatic hydroxyl groups excluding tert-OH is 2. The number of nitrogen functional groups attached to an aromatic ring is 2. The molecule has 236 valence electrons. The average molecular weight is 673 g/mol. The smallest absolute Gasteiger partial charge is 0.386 e. The van der Waals surface area contributed by atoms with Gasteiger partial charge in [-0.1, -0.05) is 12.2 Å². The SMILES string of the molecule is Nc1nc2c(ncn2[C@@H]2S[C@H](CO)[C@H](F)[C@H]2OP(=O)(S)OC[C@]23C[C@H](O)O[C@H](C2)[C@H](n2cnc4c(N)ncnc42)O3)c(=O)[nH]1. The number of anilines is 2. The van der Waals surface area contributed by atoms with Crippen molar-refractivity contribution in [2.75, 3.05) is 24.7 Å². The van der Waals surface area contributed by atoms with E-state index in [2.05, 4.69) is 42.2 Å². The van der Waals surface area contributed by atoms with Crippen molar-refractivity contribution >= 4 is 64.9 Å². The number of alkyl halides is 1. The van der Waals surface area contributed by atoms with Gasteiger partial charge in [-0.25, -0.2) is 28.9 Å². The third kappa shape index (κ3) is 5.05. The molecule has 2 bridgehead atoms. The van der Waals surface area contributed by atoms with Crippen LogP contribution < -0.4 is 17.0 Å². The number of rotatable bonds is 8. The van der Waals surface area contributed by atoms with Gasteiger partial charge in [0.15, 0.2) is 35.1 Å². The zero-order valence-electron chi connectivity index (χ0n) is 22.4. The number of hydrogen-bond acceptors (Lipinski definition) is 16. The minimum Gasteiger partial charge on any atom is -0.395 e. The number of thiol groups is 1. The van der Waals surface area contributed by atoms with Crippen LogP contribution in [0.3, 0.4) is 0 Å². The molecule has 3 aliphatic heterocycles. The molecule has 44 heavy (non-hydrogen) atoms. The molecule has 0 saturated carbocycles. The molecule has 0 spiro atoms. The van der Waals surface area contributed by atoms with E-state index in [9.17, 15) is 19.6 Å². The lowest BCUT2D eigenvalue weighted by atomic mass is 9.93. The maximum atomic E-state index is 15.6. The van der Waals surface area contributed by atoms with Crippen molar-refractivity contribution in [2.24, 2.45) is 0 Å². The van der Waals surface area contributed by atoms with Crippen LogP contribution in [0.15, 0.2) is 23.8 Å². The number of ether oxygens (including phenoxy) is 2. The fraction of sp³-hybridized carbons (Fsp3) is 0.545. The third-order valence-corrected chi connectivity index (χ3v) is 10.8. The number of nitrogens with one attached hydrogen (secondary N) is 1. The van der Waals surface area contributed by atoms with Crippen molar-refractivity contribution < 1.29 is 37.7 Å². The highest BCUT2D eigenvalue weighted by Crippen LogP contribution is 2.60. The van der Waals surface area contributed by atoms with E-state index in [0.29, 0.717) is 11.2 Å². The predicted octanol–water partition coefficient (Wildman–Crippen LogP) is 0.273. The normalized spacial score (nSPS) is 33.3. The first kappa shape index (κ1) is 29.8. The number of thioether (sulfide) groups is 1. The maximum absolute atomic E-state index is 15.6. The predicted molar refractivity (Wildman–Crippen MR) is 155 cm³/mol. The van der Waals surface area contributed by atoms with Crippen LogP contribution in [0, 0.1) is 0 Å². The Kier molecular flexibility index (Phi) is 7.37. The monoisotopic (exact) mass is 672 g/mol. The summed E-state index contributed by atoms with van der Waals surface area (Å²) in [6.45, 7) is -5.25. The van der Waals surface area contributed by atoms with Crippen LogP contribution in [0.2, 0.25) is 0 Å². The first-order valence-corrected chi connectivity index (χ1v) is 16.8. The van der Waals surface area contributed by atoms with Gasteiger partial charge in [-0.05, 0) is 0 Å². The molecular weight excluding hydrogens is 646 g/mol. The van der Waals surface area contributed by atoms with E-state index in [1.807, 2.05) is 0 Å². The van der Waals surface area contributed by atoms with Crippen molar-refractivity contribution in [2.45, 2.75) is 60.0 Å². The summed E-state index contributed by atoms with van der Waals surface area (Å²) in [7, 11) is 0. The molecule has 1 unspecified atom stereocenters. The molecule has 4 aromatic heterocycles. The number of halogens is 1. The van der Waals surface area contributed by atoms with E-state index in [0.717, 1.165) is 11.8 Å². The highest BCUT2D eigenvalue weighted by atomic mass is 32.7. The number of fused-ring (bicyclic) bond motifs is 4. The van der Waals surface area contributed by atoms with Gasteiger partial charge >= 0.3 is 6.80 Å². The van der Waals surface area contributed by atoms with Crippen molar-refractivity contribution in [3.05, 3.63) is 29.3 Å². The molecule has 0 aromatic carbocycles. The molecule has 7 rings (SSSR count). The van der Waals surface area contributed by atoms with Crippen LogP contribution in [0.5, 0.6) is 0 Å². The molecule has 3 saturated heterocycles. The summed E-state index contributed by atoms with van der Waals surface area (Å²) in [5, 5.41) is 18.3. The summed E-state index contributed by atoms with van der Waals surface area (Å²) in [4.78, 5) is 35.2. The lowest BCUT2D eigenvalue weighted by molar-refractivity contribution is -0.175. The number of hydrogen-bond donors (Lipinski definition) is 6. The second-order valence-electron chi connectivity index (χ2n) is 10.6. The minimum atomic E-state index is -4.33. The van der Waals surface area contributed by atoms with Crippen LogP contribution in [0.1, 0.15) is 24.4 Å². The molecule has 7 heterocycles. The molecule has 3 fully saturated rings. The van der Waals surface area contributed by atoms with Gasteiger partial charge in [-0.2, -0.15) is 4.98 Å². The molecule has 22 heteroatoms. The van der Waals surface area contributed by atoms with Crippen LogP contribution in [-0.4, -0.2) is 98.0 Å². The van der Waals surface area contributed by atoms with E-state index < -0.39 is 66.1 Å². The number of nitrogens with zero attached hydrogens (tertiary/aromatic N) is 7. The minimum absolute atomic E-state index is 0.0412. The van der Waals surface area contributed by atoms with Crippen LogP contribution >= 0.6 is 30.8 Å². The van der Waals surface area contributed by atoms with Gasteiger partial charge in [0.05, 0.1) is 31.1 Å². The molecule has 18 nitrogen and oxygen atoms in total. The molecule has 9 atom stereocenters. The van der Waals surface area contributed by atoms with Gasteiger partial charge in [0.25, 0.3) is 5.56 Å². The highest BCUT2D eigenvalue weighted by Gasteiger charge is 2.55. The third-order valence-electron chi connectivity index (χ3n) is 7.72. The number of nitrogens with two attached hydrogens (primary N) is 2. The Morgan fingerprint density at radius 1 is 1.20 bits per heavy atom. The van der Waals surface area contributed by atoms with E-state index >= 15 is 4.39 Å². The zero-order valence-corrected chi connectivity index (χ0v) is 25.0. The maximum Gasteiger partial charge on any atom is 0.386 e. The summed E-state index contributed by atoms with van der Waals surface area (Å²) in [5.41, 5.74) is 10.6. The van der Waals surface area contributed by atoms with Gasteiger partial charge in [0.2, 0.25) is 5.95 Å². The van der Waals surface area contributed by atoms with Crippen LogP contribution in [0.25, 0.3) is 22.3 Å². The van der Waals surface area contributed by atoms with Crippen molar-refractivity contribution in [3.63, 3.8) is 0 Å². The first-order valence-electron chi connectivity index (χ1n) is 13.2. The molecule has 4 aromatic rings. The number of aromatic nitrogens is 8. The van der Waals surface area contributed by atoms with E-state index in [1.54, 1.807) is 4.57 Å². The first-order chi connectivity index (χ1) is 21.0. The molecular formula is C22H26FN10O8PS2. The molecule has 3 aliphatic rings. The average Bonchev–Trinajstić information content (AvgIpc) is 3.72. The second kappa shape index (κ2) is 10.9. The van der Waals surface area contributed by atoms with E-state index in [-0.39, 0.29) is 42.4 Å². The van der Waals surface area contributed by atoms with Crippen molar-refractivity contribution in [3.8, 4) is 0 Å². The number of H-pyrrole nitrogens is 1. The number of imidazole rings is 2. The van der Waals surface area contributed by atoms with Crippen LogP contribution in [0.4, 0.5) is 16.2 Å². The van der Waals surface area contributed by atoms with Crippen molar-refractivity contribution in [1.29, 1.82) is 0 Å².